The summed E-state index contributed by atoms with van der Waals surface area (Å²) in [4.78, 5) is 13.2. The van der Waals surface area contributed by atoms with Crippen LogP contribution >= 0.6 is 0 Å². The lowest BCUT2D eigenvalue weighted by Gasteiger charge is -2.09. The zero-order chi connectivity index (χ0) is 12.4. The van der Waals surface area contributed by atoms with E-state index in [1.165, 1.54) is 0 Å². The number of hydrogen-bond donors (Lipinski definition) is 1. The Labute approximate surface area is 102 Å². The summed E-state index contributed by atoms with van der Waals surface area (Å²) in [6, 6.07) is 4.36. The normalized spacial score (nSPS) is 11.4. The topological polar surface area (TPSA) is 50.7 Å². The Hall–Kier alpha value is -1.71. The van der Waals surface area contributed by atoms with Crippen LogP contribution in [-0.4, -0.2) is 21.0 Å². The molecule has 0 fully saturated rings. The maximum atomic E-state index is 4.54. The van der Waals surface area contributed by atoms with E-state index in [1.54, 1.807) is 6.20 Å². The molecule has 0 saturated heterocycles. The third kappa shape index (κ3) is 2.70. The Kier molecular flexibility index (Phi) is 3.22. The Bertz CT molecular complexity index is 520. The molecule has 0 spiro atoms. The van der Waals surface area contributed by atoms with Gasteiger partial charge in [0.2, 0.25) is 5.95 Å². The van der Waals surface area contributed by atoms with Crippen LogP contribution in [0.3, 0.4) is 0 Å². The summed E-state index contributed by atoms with van der Waals surface area (Å²) in [7, 11) is 0. The van der Waals surface area contributed by atoms with Crippen LogP contribution in [0.15, 0.2) is 18.3 Å². The Balaban J connectivity index is 2.39. The van der Waals surface area contributed by atoms with E-state index in [9.17, 15) is 0 Å². The lowest BCUT2D eigenvalue weighted by Crippen LogP contribution is -2.12. The standard InChI is InChI=1S/C13H18N4/c1-8(2)10-5-6-11-12(16-10)7-14-13(17-11)15-9(3)4/h5-9H,1-4H3,(H,14,15,17). The fourth-order valence-electron chi connectivity index (χ4n) is 1.59. The van der Waals surface area contributed by atoms with Crippen molar-refractivity contribution in [3.05, 3.63) is 24.0 Å². The molecule has 0 saturated carbocycles. The van der Waals surface area contributed by atoms with Crippen LogP contribution in [0.1, 0.15) is 39.3 Å². The Morgan fingerprint density at radius 3 is 2.41 bits per heavy atom. The lowest BCUT2D eigenvalue weighted by molar-refractivity contribution is 0.828. The molecule has 2 aromatic rings. The van der Waals surface area contributed by atoms with E-state index in [-0.39, 0.29) is 0 Å². The van der Waals surface area contributed by atoms with Gasteiger partial charge in [-0.15, -0.1) is 0 Å². The van der Waals surface area contributed by atoms with E-state index in [2.05, 4.69) is 48.0 Å². The van der Waals surface area contributed by atoms with Crippen molar-refractivity contribution in [3.8, 4) is 0 Å². The molecule has 4 nitrogen and oxygen atoms in total. The summed E-state index contributed by atoms with van der Waals surface area (Å²) in [5.41, 5.74) is 2.81. The third-order valence-corrected chi connectivity index (χ3v) is 2.47. The van der Waals surface area contributed by atoms with Gasteiger partial charge in [0.15, 0.2) is 0 Å². The zero-order valence-electron chi connectivity index (χ0n) is 10.7. The van der Waals surface area contributed by atoms with E-state index >= 15 is 0 Å². The second kappa shape index (κ2) is 4.65. The minimum atomic E-state index is 0.329. The monoisotopic (exact) mass is 230 g/mol. The highest BCUT2D eigenvalue weighted by Crippen LogP contribution is 2.16. The summed E-state index contributed by atoms with van der Waals surface area (Å²) >= 11 is 0. The molecule has 0 unspecified atom stereocenters. The first kappa shape index (κ1) is 11.8. The maximum absolute atomic E-state index is 4.54. The molecule has 0 atom stereocenters. The Morgan fingerprint density at radius 1 is 1.00 bits per heavy atom. The number of rotatable bonds is 3. The quantitative estimate of drug-likeness (QED) is 0.880. The molecule has 0 amide bonds. The lowest BCUT2D eigenvalue weighted by atomic mass is 10.1. The number of fused-ring (bicyclic) bond motifs is 1. The molecule has 0 radical (unpaired) electrons. The van der Waals surface area contributed by atoms with Gasteiger partial charge >= 0.3 is 0 Å². The number of nitrogens with zero attached hydrogens (tertiary/aromatic N) is 3. The fraction of sp³-hybridized carbons (Fsp3) is 0.462. The second-order valence-corrected chi connectivity index (χ2v) is 4.79. The van der Waals surface area contributed by atoms with Gasteiger partial charge in [0.25, 0.3) is 0 Å². The van der Waals surface area contributed by atoms with E-state index < -0.39 is 0 Å². The van der Waals surface area contributed by atoms with Gasteiger partial charge in [-0.1, -0.05) is 13.8 Å². The van der Waals surface area contributed by atoms with Crippen molar-refractivity contribution >= 4 is 17.0 Å². The summed E-state index contributed by atoms with van der Waals surface area (Å²) in [5, 5.41) is 3.18. The van der Waals surface area contributed by atoms with Crippen molar-refractivity contribution in [2.24, 2.45) is 0 Å². The van der Waals surface area contributed by atoms with Gasteiger partial charge in [-0.2, -0.15) is 0 Å². The number of nitrogens with one attached hydrogen (secondary N) is 1. The molecule has 0 aromatic carbocycles. The maximum Gasteiger partial charge on any atom is 0.223 e. The summed E-state index contributed by atoms with van der Waals surface area (Å²) in [5.74, 6) is 1.08. The van der Waals surface area contributed by atoms with Gasteiger partial charge in [-0.25, -0.2) is 15.0 Å². The first-order valence-corrected chi connectivity index (χ1v) is 5.96. The first-order valence-electron chi connectivity index (χ1n) is 5.96. The van der Waals surface area contributed by atoms with Crippen molar-refractivity contribution in [2.75, 3.05) is 5.32 Å². The molecule has 0 aliphatic carbocycles. The summed E-state index contributed by atoms with van der Waals surface area (Å²) in [6.07, 6.45) is 1.78. The van der Waals surface area contributed by atoms with Crippen LogP contribution in [0, 0.1) is 0 Å². The average Bonchev–Trinajstić information content (AvgIpc) is 2.27. The highest BCUT2D eigenvalue weighted by atomic mass is 15.1. The largest absolute Gasteiger partial charge is 0.352 e. The molecular formula is C13H18N4. The molecule has 0 aliphatic heterocycles. The SMILES string of the molecule is CC(C)Nc1ncc2nc(C(C)C)ccc2n1. The fourth-order valence-corrected chi connectivity index (χ4v) is 1.59. The molecule has 1 N–H and O–H groups in total. The zero-order valence-corrected chi connectivity index (χ0v) is 10.7. The van der Waals surface area contributed by atoms with Crippen LogP contribution in [0.4, 0.5) is 5.95 Å². The summed E-state index contributed by atoms with van der Waals surface area (Å²) < 4.78 is 0. The van der Waals surface area contributed by atoms with Gasteiger partial charge < -0.3 is 5.32 Å². The van der Waals surface area contributed by atoms with Gasteiger partial charge in [-0.05, 0) is 31.9 Å². The van der Waals surface area contributed by atoms with Crippen LogP contribution in [-0.2, 0) is 0 Å². The van der Waals surface area contributed by atoms with Gasteiger partial charge in [0.1, 0.15) is 5.52 Å². The van der Waals surface area contributed by atoms with Crippen molar-refractivity contribution in [3.63, 3.8) is 0 Å². The molecule has 2 rings (SSSR count). The minimum Gasteiger partial charge on any atom is -0.352 e. The van der Waals surface area contributed by atoms with Crippen LogP contribution in [0.5, 0.6) is 0 Å². The molecule has 90 valence electrons. The van der Waals surface area contributed by atoms with Crippen molar-refractivity contribution in [1.82, 2.24) is 15.0 Å². The van der Waals surface area contributed by atoms with E-state index in [1.807, 2.05) is 12.1 Å². The van der Waals surface area contributed by atoms with Gasteiger partial charge in [0.05, 0.1) is 11.7 Å². The van der Waals surface area contributed by atoms with E-state index in [4.69, 9.17) is 0 Å². The average molecular weight is 230 g/mol. The van der Waals surface area contributed by atoms with Crippen molar-refractivity contribution in [2.45, 2.75) is 39.7 Å². The van der Waals surface area contributed by atoms with Gasteiger partial charge in [0, 0.05) is 11.7 Å². The first-order chi connectivity index (χ1) is 8.06. The number of aromatic nitrogens is 3. The molecule has 0 aliphatic rings. The smallest absolute Gasteiger partial charge is 0.223 e. The number of pyridine rings is 1. The predicted molar refractivity (Wildman–Crippen MR) is 70.2 cm³/mol. The highest BCUT2D eigenvalue weighted by molar-refractivity contribution is 5.74. The van der Waals surface area contributed by atoms with Crippen molar-refractivity contribution < 1.29 is 0 Å². The molecule has 0 bridgehead atoms. The van der Waals surface area contributed by atoms with Crippen molar-refractivity contribution in [1.29, 1.82) is 0 Å². The second-order valence-electron chi connectivity index (χ2n) is 4.79. The Morgan fingerprint density at radius 2 is 1.76 bits per heavy atom. The molecule has 2 heterocycles. The summed E-state index contributed by atoms with van der Waals surface area (Å²) in [6.45, 7) is 8.38. The van der Waals surface area contributed by atoms with Gasteiger partial charge in [-0.3, -0.25) is 0 Å². The van der Waals surface area contributed by atoms with Crippen LogP contribution in [0.2, 0.25) is 0 Å². The molecule has 4 heteroatoms. The van der Waals surface area contributed by atoms with Crippen LogP contribution in [0.25, 0.3) is 11.0 Å². The molecule has 2 aromatic heterocycles. The number of hydrogen-bond acceptors (Lipinski definition) is 4. The predicted octanol–water partition coefficient (Wildman–Crippen LogP) is 2.97. The highest BCUT2D eigenvalue weighted by Gasteiger charge is 2.05. The van der Waals surface area contributed by atoms with E-state index in [0.29, 0.717) is 17.9 Å². The third-order valence-electron chi connectivity index (χ3n) is 2.47. The van der Waals surface area contributed by atoms with E-state index in [0.717, 1.165) is 16.7 Å². The number of anilines is 1. The molecular weight excluding hydrogens is 212 g/mol. The molecule has 17 heavy (non-hydrogen) atoms. The van der Waals surface area contributed by atoms with Crippen LogP contribution < -0.4 is 5.32 Å². The minimum absolute atomic E-state index is 0.329.